The molecule has 1 amide bonds. The molecule has 0 heterocycles. The number of carbonyl (C=O) groups excluding carboxylic acids is 1. The summed E-state index contributed by atoms with van der Waals surface area (Å²) in [6.45, 7) is 6.48. The van der Waals surface area contributed by atoms with Crippen LogP contribution >= 0.6 is 15.9 Å². The lowest BCUT2D eigenvalue weighted by molar-refractivity contribution is -0.116. The second-order valence-corrected chi connectivity index (χ2v) is 6.97. The maximum Gasteiger partial charge on any atom is 0.224 e. The Bertz CT molecular complexity index is 662. The molecule has 0 aromatic heterocycles. The van der Waals surface area contributed by atoms with Crippen molar-refractivity contribution in [3.05, 3.63) is 63.6 Å². The Labute approximate surface area is 147 Å². The summed E-state index contributed by atoms with van der Waals surface area (Å²) in [5.41, 5.74) is 4.62. The van der Waals surface area contributed by atoms with Gasteiger partial charge in [-0.25, -0.2) is 0 Å². The fourth-order valence-electron chi connectivity index (χ4n) is 2.42. The lowest BCUT2D eigenvalue weighted by atomic mass is 10.0. The molecule has 2 aromatic rings. The summed E-state index contributed by atoms with van der Waals surface area (Å²) in [6, 6.07) is 14.6. The molecule has 0 saturated heterocycles. The first-order chi connectivity index (χ1) is 11.0. The highest BCUT2D eigenvalue weighted by atomic mass is 79.9. The third-order valence-corrected chi connectivity index (χ3v) is 4.66. The zero-order valence-electron chi connectivity index (χ0n) is 14.0. The molecule has 0 bridgehead atoms. The van der Waals surface area contributed by atoms with Crippen LogP contribution in [0.25, 0.3) is 0 Å². The zero-order chi connectivity index (χ0) is 16.8. The van der Waals surface area contributed by atoms with E-state index in [4.69, 9.17) is 0 Å². The van der Waals surface area contributed by atoms with Crippen molar-refractivity contribution in [2.24, 2.45) is 0 Å². The molecule has 0 aliphatic heterocycles. The van der Waals surface area contributed by atoms with E-state index in [1.807, 2.05) is 12.1 Å². The molecule has 3 heteroatoms. The molecule has 0 saturated carbocycles. The molecule has 0 aliphatic rings. The first-order valence-electron chi connectivity index (χ1n) is 8.16. The lowest BCUT2D eigenvalue weighted by Gasteiger charge is -2.09. The molecular formula is C20H24BrNO. The molecule has 2 nitrogen and oxygen atoms in total. The van der Waals surface area contributed by atoms with Crippen LogP contribution in [0.15, 0.2) is 46.9 Å². The molecule has 0 spiro atoms. The van der Waals surface area contributed by atoms with Gasteiger partial charge in [-0.3, -0.25) is 4.79 Å². The van der Waals surface area contributed by atoms with Crippen LogP contribution in [0.2, 0.25) is 0 Å². The summed E-state index contributed by atoms with van der Waals surface area (Å²) in [7, 11) is 0. The van der Waals surface area contributed by atoms with Gasteiger partial charge in [0.05, 0.1) is 5.69 Å². The molecule has 0 aliphatic carbocycles. The molecular weight excluding hydrogens is 350 g/mol. The maximum atomic E-state index is 12.1. The summed E-state index contributed by atoms with van der Waals surface area (Å²) in [6.07, 6.45) is 2.23. The highest BCUT2D eigenvalue weighted by molar-refractivity contribution is 9.10. The van der Waals surface area contributed by atoms with Crippen molar-refractivity contribution >= 4 is 27.5 Å². The number of hydrogen-bond donors (Lipinski definition) is 1. The van der Waals surface area contributed by atoms with Crippen LogP contribution in [0.3, 0.4) is 0 Å². The standard InChI is InChI=1S/C20H24BrNO/c1-4-15-7-11-19(18(21)13-15)22-20(23)12-8-16-5-9-17(10-6-16)14(2)3/h5-7,9-11,13-14H,4,8,12H2,1-3H3,(H,22,23). The van der Waals surface area contributed by atoms with Gasteiger partial charge >= 0.3 is 0 Å². The van der Waals surface area contributed by atoms with Crippen molar-refractivity contribution < 1.29 is 4.79 Å². The van der Waals surface area contributed by atoms with Gasteiger partial charge in [0.1, 0.15) is 0 Å². The highest BCUT2D eigenvalue weighted by Gasteiger charge is 2.07. The Kier molecular flexibility index (Phi) is 6.40. The van der Waals surface area contributed by atoms with Gasteiger partial charge in [0.15, 0.2) is 0 Å². The van der Waals surface area contributed by atoms with Crippen molar-refractivity contribution in [2.75, 3.05) is 5.32 Å². The minimum atomic E-state index is 0.0443. The Morgan fingerprint density at radius 2 is 1.74 bits per heavy atom. The fourth-order valence-corrected chi connectivity index (χ4v) is 2.95. The van der Waals surface area contributed by atoms with E-state index in [-0.39, 0.29) is 5.91 Å². The van der Waals surface area contributed by atoms with Gasteiger partial charge in [0, 0.05) is 10.9 Å². The van der Waals surface area contributed by atoms with E-state index in [1.165, 1.54) is 16.7 Å². The first-order valence-corrected chi connectivity index (χ1v) is 8.96. The Balaban J connectivity index is 1.90. The zero-order valence-corrected chi connectivity index (χ0v) is 15.6. The normalized spacial score (nSPS) is 10.8. The minimum absolute atomic E-state index is 0.0443. The smallest absolute Gasteiger partial charge is 0.224 e. The summed E-state index contributed by atoms with van der Waals surface area (Å²) < 4.78 is 0.937. The molecule has 0 atom stereocenters. The van der Waals surface area contributed by atoms with Gasteiger partial charge in [-0.2, -0.15) is 0 Å². The second-order valence-electron chi connectivity index (χ2n) is 6.11. The van der Waals surface area contributed by atoms with E-state index < -0.39 is 0 Å². The van der Waals surface area contributed by atoms with Gasteiger partial charge in [0.2, 0.25) is 5.91 Å². The third kappa shape index (κ3) is 5.21. The van der Waals surface area contributed by atoms with Crippen LogP contribution < -0.4 is 5.32 Å². The molecule has 0 radical (unpaired) electrons. The average Bonchev–Trinajstić information content (AvgIpc) is 2.55. The summed E-state index contributed by atoms with van der Waals surface area (Å²) in [4.78, 5) is 12.1. The Morgan fingerprint density at radius 1 is 1.09 bits per heavy atom. The van der Waals surface area contributed by atoms with Crippen LogP contribution in [0.1, 0.15) is 49.8 Å². The number of nitrogens with one attached hydrogen (secondary N) is 1. The monoisotopic (exact) mass is 373 g/mol. The number of carbonyl (C=O) groups is 1. The largest absolute Gasteiger partial charge is 0.325 e. The van der Waals surface area contributed by atoms with Crippen molar-refractivity contribution in [1.82, 2.24) is 0 Å². The molecule has 122 valence electrons. The Morgan fingerprint density at radius 3 is 2.30 bits per heavy atom. The summed E-state index contributed by atoms with van der Waals surface area (Å²) in [5.74, 6) is 0.582. The van der Waals surface area contributed by atoms with E-state index in [1.54, 1.807) is 0 Å². The molecule has 0 unspecified atom stereocenters. The quantitative estimate of drug-likeness (QED) is 0.690. The minimum Gasteiger partial charge on any atom is -0.325 e. The number of rotatable bonds is 6. The number of amides is 1. The number of benzene rings is 2. The van der Waals surface area contributed by atoms with Gasteiger partial charge < -0.3 is 5.32 Å². The summed E-state index contributed by atoms with van der Waals surface area (Å²) >= 11 is 3.52. The van der Waals surface area contributed by atoms with Gasteiger partial charge in [0.25, 0.3) is 0 Å². The third-order valence-electron chi connectivity index (χ3n) is 4.00. The molecule has 23 heavy (non-hydrogen) atoms. The molecule has 0 fully saturated rings. The molecule has 2 rings (SSSR count). The fraction of sp³-hybridized carbons (Fsp3) is 0.350. The van der Waals surface area contributed by atoms with Gasteiger partial charge in [-0.1, -0.05) is 51.1 Å². The lowest BCUT2D eigenvalue weighted by Crippen LogP contribution is -2.12. The first kappa shape index (κ1) is 17.7. The van der Waals surface area contributed by atoms with Crippen molar-refractivity contribution in [1.29, 1.82) is 0 Å². The van der Waals surface area contributed by atoms with Crippen LogP contribution in [0, 0.1) is 0 Å². The van der Waals surface area contributed by atoms with Crippen LogP contribution in [-0.2, 0) is 17.6 Å². The van der Waals surface area contributed by atoms with Gasteiger partial charge in [-0.05, 0) is 63.5 Å². The number of hydrogen-bond acceptors (Lipinski definition) is 1. The van der Waals surface area contributed by atoms with Gasteiger partial charge in [-0.15, -0.1) is 0 Å². The SMILES string of the molecule is CCc1ccc(NC(=O)CCc2ccc(C(C)C)cc2)c(Br)c1. The van der Waals surface area contributed by atoms with E-state index in [9.17, 15) is 4.79 Å². The van der Waals surface area contributed by atoms with E-state index in [0.717, 1.165) is 23.0 Å². The highest BCUT2D eigenvalue weighted by Crippen LogP contribution is 2.24. The van der Waals surface area contributed by atoms with E-state index >= 15 is 0 Å². The number of halogens is 1. The van der Waals surface area contributed by atoms with Crippen molar-refractivity contribution in [2.45, 2.75) is 46.0 Å². The molecule has 2 aromatic carbocycles. The van der Waals surface area contributed by atoms with Crippen LogP contribution in [0.5, 0.6) is 0 Å². The second kappa shape index (κ2) is 8.30. The number of aryl methyl sites for hydroxylation is 2. The van der Waals surface area contributed by atoms with Crippen molar-refractivity contribution in [3.63, 3.8) is 0 Å². The average molecular weight is 374 g/mol. The molecule has 1 N–H and O–H groups in total. The van der Waals surface area contributed by atoms with E-state index in [0.29, 0.717) is 12.3 Å². The summed E-state index contributed by atoms with van der Waals surface area (Å²) in [5, 5.41) is 2.98. The predicted molar refractivity (Wildman–Crippen MR) is 101 cm³/mol. The van der Waals surface area contributed by atoms with Crippen LogP contribution in [0.4, 0.5) is 5.69 Å². The van der Waals surface area contributed by atoms with Crippen molar-refractivity contribution in [3.8, 4) is 0 Å². The van der Waals surface area contributed by atoms with Crippen LogP contribution in [-0.4, -0.2) is 5.91 Å². The number of anilines is 1. The Hall–Kier alpha value is -1.61. The van der Waals surface area contributed by atoms with E-state index in [2.05, 4.69) is 72.3 Å². The topological polar surface area (TPSA) is 29.1 Å². The maximum absolute atomic E-state index is 12.1. The predicted octanol–water partition coefficient (Wildman–Crippen LogP) is 5.71.